The SMILES string of the molecule is Cc1ccc(C(N)C(=O)NCC2CCCC2C)cc1. The van der Waals surface area contributed by atoms with Gasteiger partial charge in [-0.25, -0.2) is 0 Å². The number of carbonyl (C=O) groups is 1. The maximum atomic E-state index is 12.1. The second-order valence-corrected chi connectivity index (χ2v) is 5.80. The normalized spacial score (nSPS) is 24.2. The van der Waals surface area contributed by atoms with Gasteiger partial charge in [0.25, 0.3) is 0 Å². The Bertz CT molecular complexity index is 427. The van der Waals surface area contributed by atoms with Crippen LogP contribution in [0.5, 0.6) is 0 Å². The Morgan fingerprint density at radius 1 is 1.37 bits per heavy atom. The molecule has 104 valence electrons. The van der Waals surface area contributed by atoms with Crippen LogP contribution in [0.4, 0.5) is 0 Å². The van der Waals surface area contributed by atoms with Gasteiger partial charge in [0, 0.05) is 6.54 Å². The van der Waals surface area contributed by atoms with Crippen molar-refractivity contribution < 1.29 is 4.79 Å². The molecule has 1 fully saturated rings. The van der Waals surface area contributed by atoms with Crippen LogP contribution in [-0.2, 0) is 4.79 Å². The van der Waals surface area contributed by atoms with Gasteiger partial charge < -0.3 is 11.1 Å². The van der Waals surface area contributed by atoms with E-state index in [1.54, 1.807) is 0 Å². The van der Waals surface area contributed by atoms with Crippen LogP contribution in [0.15, 0.2) is 24.3 Å². The van der Waals surface area contributed by atoms with Crippen molar-refractivity contribution in [3.63, 3.8) is 0 Å². The quantitative estimate of drug-likeness (QED) is 0.874. The summed E-state index contributed by atoms with van der Waals surface area (Å²) >= 11 is 0. The number of aryl methyl sites for hydroxylation is 1. The molecule has 1 aliphatic carbocycles. The lowest BCUT2D eigenvalue weighted by Crippen LogP contribution is -2.37. The van der Waals surface area contributed by atoms with Crippen molar-refractivity contribution in [3.05, 3.63) is 35.4 Å². The van der Waals surface area contributed by atoms with E-state index in [0.717, 1.165) is 18.0 Å². The standard InChI is InChI=1S/C16H24N2O/c1-11-6-8-13(9-7-11)15(17)16(19)18-10-14-5-3-4-12(14)2/h6-9,12,14-15H,3-5,10,17H2,1-2H3,(H,18,19). The van der Waals surface area contributed by atoms with Gasteiger partial charge in [0.15, 0.2) is 0 Å². The first kappa shape index (κ1) is 14.1. The highest BCUT2D eigenvalue weighted by molar-refractivity contribution is 5.82. The molecule has 0 radical (unpaired) electrons. The van der Waals surface area contributed by atoms with Gasteiger partial charge in [-0.3, -0.25) is 4.79 Å². The van der Waals surface area contributed by atoms with Crippen molar-refractivity contribution in [2.75, 3.05) is 6.54 Å². The van der Waals surface area contributed by atoms with Crippen LogP contribution in [0.3, 0.4) is 0 Å². The molecule has 1 amide bonds. The van der Waals surface area contributed by atoms with E-state index in [1.807, 2.05) is 31.2 Å². The molecule has 3 nitrogen and oxygen atoms in total. The fourth-order valence-electron chi connectivity index (χ4n) is 2.79. The Labute approximate surface area is 115 Å². The van der Waals surface area contributed by atoms with Crippen LogP contribution in [0.25, 0.3) is 0 Å². The van der Waals surface area contributed by atoms with Crippen molar-refractivity contribution in [2.45, 2.75) is 39.2 Å². The van der Waals surface area contributed by atoms with Crippen molar-refractivity contribution in [1.82, 2.24) is 5.32 Å². The average Bonchev–Trinajstić information content (AvgIpc) is 2.81. The predicted octanol–water partition coefficient (Wildman–Crippen LogP) is 2.55. The maximum Gasteiger partial charge on any atom is 0.241 e. The Kier molecular flexibility index (Phi) is 4.59. The lowest BCUT2D eigenvalue weighted by Gasteiger charge is -2.18. The average molecular weight is 260 g/mol. The molecule has 0 saturated heterocycles. The molecule has 19 heavy (non-hydrogen) atoms. The summed E-state index contributed by atoms with van der Waals surface area (Å²) in [5.41, 5.74) is 8.05. The summed E-state index contributed by atoms with van der Waals surface area (Å²) in [7, 11) is 0. The third-order valence-corrected chi connectivity index (χ3v) is 4.30. The number of hydrogen-bond acceptors (Lipinski definition) is 2. The van der Waals surface area contributed by atoms with Crippen LogP contribution in [-0.4, -0.2) is 12.5 Å². The highest BCUT2D eigenvalue weighted by atomic mass is 16.2. The zero-order valence-electron chi connectivity index (χ0n) is 11.9. The first-order valence-corrected chi connectivity index (χ1v) is 7.18. The molecule has 0 heterocycles. The summed E-state index contributed by atoms with van der Waals surface area (Å²) in [5, 5.41) is 3.00. The third-order valence-electron chi connectivity index (χ3n) is 4.30. The first-order valence-electron chi connectivity index (χ1n) is 7.18. The van der Waals surface area contributed by atoms with E-state index in [4.69, 9.17) is 5.73 Å². The Morgan fingerprint density at radius 3 is 2.63 bits per heavy atom. The predicted molar refractivity (Wildman–Crippen MR) is 77.6 cm³/mol. The second kappa shape index (κ2) is 6.20. The summed E-state index contributed by atoms with van der Waals surface area (Å²) in [4.78, 5) is 12.1. The molecule has 1 saturated carbocycles. The van der Waals surface area contributed by atoms with Crippen molar-refractivity contribution >= 4 is 5.91 Å². The lowest BCUT2D eigenvalue weighted by molar-refractivity contribution is -0.122. The molecule has 2 rings (SSSR count). The minimum atomic E-state index is -0.558. The van der Waals surface area contributed by atoms with Crippen LogP contribution >= 0.6 is 0 Å². The molecular weight excluding hydrogens is 236 g/mol. The third kappa shape index (κ3) is 3.57. The van der Waals surface area contributed by atoms with Gasteiger partial charge in [-0.1, -0.05) is 49.6 Å². The molecular formula is C16H24N2O. The molecule has 0 aliphatic heterocycles. The largest absolute Gasteiger partial charge is 0.354 e. The summed E-state index contributed by atoms with van der Waals surface area (Å²) in [6, 6.07) is 7.27. The number of nitrogens with one attached hydrogen (secondary N) is 1. The number of rotatable bonds is 4. The number of hydrogen-bond donors (Lipinski definition) is 2. The molecule has 0 aromatic heterocycles. The molecule has 3 N–H and O–H groups in total. The minimum absolute atomic E-state index is 0.0667. The molecule has 1 aromatic rings. The molecule has 3 atom stereocenters. The van der Waals surface area contributed by atoms with Crippen LogP contribution in [0, 0.1) is 18.8 Å². The zero-order valence-corrected chi connectivity index (χ0v) is 11.9. The molecule has 0 bridgehead atoms. The van der Waals surface area contributed by atoms with E-state index in [0.29, 0.717) is 5.92 Å². The first-order chi connectivity index (χ1) is 9.08. The van der Waals surface area contributed by atoms with Crippen LogP contribution in [0.1, 0.15) is 43.4 Å². The highest BCUT2D eigenvalue weighted by Gasteiger charge is 2.24. The van der Waals surface area contributed by atoms with Gasteiger partial charge in [-0.2, -0.15) is 0 Å². The summed E-state index contributed by atoms with van der Waals surface area (Å²) < 4.78 is 0. The molecule has 3 heteroatoms. The van der Waals surface area contributed by atoms with Crippen molar-refractivity contribution in [2.24, 2.45) is 17.6 Å². The molecule has 3 unspecified atom stereocenters. The Morgan fingerprint density at radius 2 is 2.05 bits per heavy atom. The monoisotopic (exact) mass is 260 g/mol. The second-order valence-electron chi connectivity index (χ2n) is 5.80. The zero-order chi connectivity index (χ0) is 13.8. The Balaban J connectivity index is 1.87. The number of benzene rings is 1. The number of carbonyl (C=O) groups excluding carboxylic acids is 1. The summed E-state index contributed by atoms with van der Waals surface area (Å²) in [6.45, 7) is 5.06. The van der Waals surface area contributed by atoms with Gasteiger partial charge in [-0.15, -0.1) is 0 Å². The van der Waals surface area contributed by atoms with Gasteiger partial charge in [0.2, 0.25) is 5.91 Å². The van der Waals surface area contributed by atoms with E-state index in [-0.39, 0.29) is 5.91 Å². The number of nitrogens with two attached hydrogens (primary N) is 1. The van der Waals surface area contributed by atoms with E-state index >= 15 is 0 Å². The fraction of sp³-hybridized carbons (Fsp3) is 0.562. The summed E-state index contributed by atoms with van der Waals surface area (Å²) in [5.74, 6) is 1.27. The number of amides is 1. The summed E-state index contributed by atoms with van der Waals surface area (Å²) in [6.07, 6.45) is 3.79. The molecule has 1 aliphatic rings. The van der Waals surface area contributed by atoms with Crippen molar-refractivity contribution in [3.8, 4) is 0 Å². The van der Waals surface area contributed by atoms with Crippen LogP contribution in [0.2, 0.25) is 0 Å². The maximum absolute atomic E-state index is 12.1. The van der Waals surface area contributed by atoms with Crippen molar-refractivity contribution in [1.29, 1.82) is 0 Å². The minimum Gasteiger partial charge on any atom is -0.354 e. The fourth-order valence-corrected chi connectivity index (χ4v) is 2.79. The van der Waals surface area contributed by atoms with E-state index in [1.165, 1.54) is 24.8 Å². The highest BCUT2D eigenvalue weighted by Crippen LogP contribution is 2.30. The molecule has 1 aromatic carbocycles. The van der Waals surface area contributed by atoms with E-state index < -0.39 is 6.04 Å². The molecule has 0 spiro atoms. The Hall–Kier alpha value is -1.35. The van der Waals surface area contributed by atoms with Gasteiger partial charge in [0.05, 0.1) is 0 Å². The lowest BCUT2D eigenvalue weighted by atomic mass is 9.98. The smallest absolute Gasteiger partial charge is 0.241 e. The van der Waals surface area contributed by atoms with Crippen LogP contribution < -0.4 is 11.1 Å². The topological polar surface area (TPSA) is 55.1 Å². The van der Waals surface area contributed by atoms with E-state index in [2.05, 4.69) is 12.2 Å². The van der Waals surface area contributed by atoms with Gasteiger partial charge in [0.1, 0.15) is 6.04 Å². The van der Waals surface area contributed by atoms with Gasteiger partial charge in [-0.05, 0) is 30.7 Å². The van der Waals surface area contributed by atoms with Gasteiger partial charge >= 0.3 is 0 Å². The van der Waals surface area contributed by atoms with E-state index in [9.17, 15) is 4.79 Å².